The molecule has 3 N–H and O–H groups in total. The minimum atomic E-state index is -0.309. The lowest BCUT2D eigenvalue weighted by Gasteiger charge is -2.08. The van der Waals surface area contributed by atoms with Crippen molar-refractivity contribution in [3.05, 3.63) is 113 Å². The minimum Gasteiger partial charge on any atom is -0.352 e. The Bertz CT molecular complexity index is 1650. The quantitative estimate of drug-likeness (QED) is 0.258. The van der Waals surface area contributed by atoms with E-state index in [1.165, 1.54) is 12.1 Å². The van der Waals surface area contributed by atoms with Crippen molar-refractivity contribution in [1.82, 2.24) is 25.2 Å². The van der Waals surface area contributed by atoms with Gasteiger partial charge in [-0.15, -0.1) is 5.10 Å². The molecule has 9 heteroatoms. The van der Waals surface area contributed by atoms with E-state index in [0.29, 0.717) is 35.8 Å². The van der Waals surface area contributed by atoms with Gasteiger partial charge in [-0.3, -0.25) is 9.59 Å². The van der Waals surface area contributed by atoms with Gasteiger partial charge in [0.1, 0.15) is 5.82 Å². The zero-order valence-corrected chi connectivity index (χ0v) is 21.5. The summed E-state index contributed by atoms with van der Waals surface area (Å²) in [5.41, 5.74) is 6.19. The Labute approximate surface area is 224 Å². The first-order valence-electron chi connectivity index (χ1n) is 12.5. The number of rotatable bonds is 8. The molecule has 196 valence electrons. The van der Waals surface area contributed by atoms with Gasteiger partial charge in [-0.25, -0.2) is 8.91 Å². The molecule has 0 radical (unpaired) electrons. The third-order valence-electron chi connectivity index (χ3n) is 6.25. The minimum absolute atomic E-state index is 0.107. The molecule has 0 bridgehead atoms. The lowest BCUT2D eigenvalue weighted by atomic mass is 10.1. The lowest BCUT2D eigenvalue weighted by Crippen LogP contribution is -2.22. The number of hydrogen-bond acceptors (Lipinski definition) is 5. The molecule has 0 unspecified atom stereocenters. The fourth-order valence-corrected chi connectivity index (χ4v) is 4.14. The van der Waals surface area contributed by atoms with E-state index in [2.05, 4.69) is 26.0 Å². The van der Waals surface area contributed by atoms with Crippen LogP contribution in [-0.4, -0.2) is 33.0 Å². The SMILES string of the molecule is CCNC(=O)c1ccc(Nc2nc3ccc(-c4ccc(C(=O)NCc5ccc(F)cc5)cc4)cn3n2)c(C)c1. The lowest BCUT2D eigenvalue weighted by molar-refractivity contribution is 0.0945. The summed E-state index contributed by atoms with van der Waals surface area (Å²) in [5.74, 6) is -0.183. The van der Waals surface area contributed by atoms with Crippen molar-refractivity contribution in [1.29, 1.82) is 0 Å². The molecule has 2 aromatic heterocycles. The summed E-state index contributed by atoms with van der Waals surface area (Å²) in [5, 5.41) is 13.4. The number of hydrogen-bond donors (Lipinski definition) is 3. The van der Waals surface area contributed by atoms with Gasteiger partial charge in [-0.05, 0) is 85.1 Å². The number of aryl methyl sites for hydroxylation is 1. The molecule has 5 rings (SSSR count). The number of nitrogens with one attached hydrogen (secondary N) is 3. The van der Waals surface area contributed by atoms with Crippen LogP contribution in [0.25, 0.3) is 16.8 Å². The fraction of sp³-hybridized carbons (Fsp3) is 0.133. The molecule has 5 aromatic rings. The van der Waals surface area contributed by atoms with E-state index < -0.39 is 0 Å². The highest BCUT2D eigenvalue weighted by Gasteiger charge is 2.11. The molecule has 0 aliphatic carbocycles. The number of nitrogens with zero attached hydrogens (tertiary/aromatic N) is 3. The molecule has 8 nitrogen and oxygen atoms in total. The average molecular weight is 523 g/mol. The zero-order valence-electron chi connectivity index (χ0n) is 21.5. The van der Waals surface area contributed by atoms with Gasteiger partial charge >= 0.3 is 0 Å². The van der Waals surface area contributed by atoms with Crippen molar-refractivity contribution < 1.29 is 14.0 Å². The van der Waals surface area contributed by atoms with Gasteiger partial charge in [0.25, 0.3) is 11.8 Å². The van der Waals surface area contributed by atoms with Crippen molar-refractivity contribution in [2.24, 2.45) is 0 Å². The molecule has 0 fully saturated rings. The van der Waals surface area contributed by atoms with E-state index in [4.69, 9.17) is 0 Å². The van der Waals surface area contributed by atoms with Gasteiger partial charge in [0.05, 0.1) is 0 Å². The Morgan fingerprint density at radius 3 is 2.26 bits per heavy atom. The van der Waals surface area contributed by atoms with E-state index in [-0.39, 0.29) is 17.6 Å². The predicted octanol–water partition coefficient (Wildman–Crippen LogP) is 5.27. The molecule has 0 saturated heterocycles. The normalized spacial score (nSPS) is 10.8. The van der Waals surface area contributed by atoms with Crippen LogP contribution in [0.4, 0.5) is 16.0 Å². The zero-order chi connectivity index (χ0) is 27.4. The van der Waals surface area contributed by atoms with Crippen LogP contribution in [0.3, 0.4) is 0 Å². The topological polar surface area (TPSA) is 100 Å². The molecule has 2 heterocycles. The van der Waals surface area contributed by atoms with Crippen LogP contribution in [-0.2, 0) is 6.54 Å². The van der Waals surface area contributed by atoms with Gasteiger partial charge in [0.2, 0.25) is 5.95 Å². The second-order valence-corrected chi connectivity index (χ2v) is 9.06. The number of benzene rings is 3. The summed E-state index contributed by atoms with van der Waals surface area (Å²) in [7, 11) is 0. The smallest absolute Gasteiger partial charge is 0.251 e. The van der Waals surface area contributed by atoms with Crippen LogP contribution in [0.15, 0.2) is 85.1 Å². The van der Waals surface area contributed by atoms with Gasteiger partial charge < -0.3 is 16.0 Å². The second-order valence-electron chi connectivity index (χ2n) is 9.06. The number of pyridine rings is 1. The second kappa shape index (κ2) is 11.1. The summed E-state index contributed by atoms with van der Waals surface area (Å²) in [6.45, 7) is 4.70. The van der Waals surface area contributed by atoms with Crippen LogP contribution >= 0.6 is 0 Å². The molecule has 0 saturated carbocycles. The summed E-state index contributed by atoms with van der Waals surface area (Å²) in [6, 6.07) is 22.6. The van der Waals surface area contributed by atoms with Crippen LogP contribution < -0.4 is 16.0 Å². The van der Waals surface area contributed by atoms with E-state index in [0.717, 1.165) is 27.9 Å². The van der Waals surface area contributed by atoms with Crippen molar-refractivity contribution >= 4 is 29.1 Å². The maximum Gasteiger partial charge on any atom is 0.251 e. The first-order chi connectivity index (χ1) is 18.9. The number of fused-ring (bicyclic) bond motifs is 1. The molecule has 0 aliphatic rings. The van der Waals surface area contributed by atoms with Gasteiger partial charge in [0.15, 0.2) is 5.65 Å². The Hall–Kier alpha value is -5.05. The highest BCUT2D eigenvalue weighted by molar-refractivity contribution is 5.95. The van der Waals surface area contributed by atoms with E-state index in [1.807, 2.05) is 56.4 Å². The van der Waals surface area contributed by atoms with Crippen LogP contribution in [0.5, 0.6) is 0 Å². The molecule has 39 heavy (non-hydrogen) atoms. The summed E-state index contributed by atoms with van der Waals surface area (Å²) in [6.07, 6.45) is 1.88. The molecule has 2 amide bonds. The standard InChI is InChI=1S/C30H27FN6O2/c1-3-32-29(39)23-10-14-26(19(2)16-23)34-30-35-27-15-11-24(18-37(27)36-30)21-6-8-22(9-7-21)28(38)33-17-20-4-12-25(31)13-5-20/h4-16,18H,3,17H2,1-2H3,(H,32,39)(H,33,38)(H,34,36). The average Bonchev–Trinajstić information content (AvgIpc) is 3.35. The summed E-state index contributed by atoms with van der Waals surface area (Å²) in [4.78, 5) is 29.2. The van der Waals surface area contributed by atoms with Crippen molar-refractivity contribution in [2.75, 3.05) is 11.9 Å². The van der Waals surface area contributed by atoms with Crippen molar-refractivity contribution in [3.8, 4) is 11.1 Å². The summed E-state index contributed by atoms with van der Waals surface area (Å²) < 4.78 is 14.8. The monoisotopic (exact) mass is 522 g/mol. The Kier molecular flexibility index (Phi) is 7.31. The third kappa shape index (κ3) is 5.93. The van der Waals surface area contributed by atoms with Crippen LogP contribution in [0, 0.1) is 12.7 Å². The number of amides is 2. The third-order valence-corrected chi connectivity index (χ3v) is 6.25. The first kappa shape index (κ1) is 25.6. The molecule has 0 spiro atoms. The fourth-order valence-electron chi connectivity index (χ4n) is 4.14. The van der Waals surface area contributed by atoms with Crippen LogP contribution in [0.2, 0.25) is 0 Å². The number of halogens is 1. The predicted molar refractivity (Wildman–Crippen MR) is 148 cm³/mol. The Morgan fingerprint density at radius 1 is 0.846 bits per heavy atom. The Balaban J connectivity index is 1.26. The van der Waals surface area contributed by atoms with E-state index >= 15 is 0 Å². The highest BCUT2D eigenvalue weighted by atomic mass is 19.1. The van der Waals surface area contributed by atoms with Gasteiger partial charge in [-0.2, -0.15) is 4.98 Å². The molecular formula is C30H27FN6O2. The first-order valence-corrected chi connectivity index (χ1v) is 12.5. The van der Waals surface area contributed by atoms with E-state index in [1.54, 1.807) is 34.8 Å². The number of aromatic nitrogens is 3. The van der Waals surface area contributed by atoms with Gasteiger partial charge in [0, 0.05) is 41.7 Å². The largest absolute Gasteiger partial charge is 0.352 e. The van der Waals surface area contributed by atoms with Crippen LogP contribution in [0.1, 0.15) is 38.8 Å². The van der Waals surface area contributed by atoms with Crippen molar-refractivity contribution in [2.45, 2.75) is 20.4 Å². The summed E-state index contributed by atoms with van der Waals surface area (Å²) >= 11 is 0. The van der Waals surface area contributed by atoms with E-state index in [9.17, 15) is 14.0 Å². The number of carbonyl (C=O) groups is 2. The number of anilines is 2. The maximum atomic E-state index is 13.1. The van der Waals surface area contributed by atoms with Crippen molar-refractivity contribution in [3.63, 3.8) is 0 Å². The van der Waals surface area contributed by atoms with Gasteiger partial charge in [-0.1, -0.05) is 24.3 Å². The molecule has 0 atom stereocenters. The molecule has 3 aromatic carbocycles. The highest BCUT2D eigenvalue weighted by Crippen LogP contribution is 2.23. The molecular weight excluding hydrogens is 495 g/mol. The maximum absolute atomic E-state index is 13.1. The molecule has 0 aliphatic heterocycles. The Morgan fingerprint density at radius 2 is 1.54 bits per heavy atom. The number of carbonyl (C=O) groups excluding carboxylic acids is 2.